The fourth-order valence-electron chi connectivity index (χ4n) is 4.81. The summed E-state index contributed by atoms with van der Waals surface area (Å²) in [6.45, 7) is 7.05. The van der Waals surface area contributed by atoms with Gasteiger partial charge >= 0.3 is 18.4 Å². The molecule has 0 amide bonds. The van der Waals surface area contributed by atoms with Gasteiger partial charge in [-0.3, -0.25) is 0 Å². The van der Waals surface area contributed by atoms with E-state index in [2.05, 4.69) is 35.2 Å². The summed E-state index contributed by atoms with van der Waals surface area (Å²) in [7, 11) is 0. The van der Waals surface area contributed by atoms with Gasteiger partial charge in [-0.15, -0.1) is 18.3 Å². The molecule has 3 aromatic rings. The Morgan fingerprint density at radius 1 is 1.14 bits per heavy atom. The van der Waals surface area contributed by atoms with Crippen LogP contribution < -0.4 is 19.7 Å². The lowest BCUT2D eigenvalue weighted by molar-refractivity contribution is -0.275. The molecule has 1 saturated heterocycles. The summed E-state index contributed by atoms with van der Waals surface area (Å²) in [5.74, 6) is -0.593. The summed E-state index contributed by atoms with van der Waals surface area (Å²) < 4.78 is 67.6. The van der Waals surface area contributed by atoms with E-state index in [0.717, 1.165) is 38.1 Å². The molecule has 1 aromatic carbocycles. The van der Waals surface area contributed by atoms with E-state index < -0.39 is 17.9 Å². The second kappa shape index (κ2) is 9.13. The zero-order chi connectivity index (χ0) is 25.6. The molecular weight excluding hydrogens is 486 g/mol. The van der Waals surface area contributed by atoms with E-state index in [4.69, 9.17) is 9.26 Å². The Bertz CT molecular complexity index is 1210. The Morgan fingerprint density at radius 3 is 2.44 bits per heavy atom. The summed E-state index contributed by atoms with van der Waals surface area (Å²) >= 11 is 0. The first-order chi connectivity index (χ1) is 17.1. The van der Waals surface area contributed by atoms with Crippen molar-refractivity contribution in [1.29, 1.82) is 0 Å². The molecule has 2 fully saturated rings. The predicted octanol–water partition coefficient (Wildman–Crippen LogP) is 4.71. The number of rotatable bonds is 7. The normalized spacial score (nSPS) is 21.8. The number of anilines is 2. The number of alkyl halides is 3. The number of hydrogen-bond acceptors (Lipinski definition) is 9. The number of aromatic nitrogens is 5. The average Bonchev–Trinajstić information content (AvgIpc) is 3.45. The highest BCUT2D eigenvalue weighted by molar-refractivity contribution is 5.37. The Morgan fingerprint density at radius 2 is 1.86 bits per heavy atom. The lowest BCUT2D eigenvalue weighted by atomic mass is 9.92. The lowest BCUT2D eigenvalue weighted by Gasteiger charge is -2.37. The minimum Gasteiger partial charge on any atom is -0.424 e. The van der Waals surface area contributed by atoms with E-state index in [1.54, 1.807) is 6.92 Å². The van der Waals surface area contributed by atoms with E-state index in [0.29, 0.717) is 29.6 Å². The molecule has 5 rings (SSSR count). The fraction of sp³-hybridized carbons (Fsp3) is 0.545. The van der Waals surface area contributed by atoms with Crippen molar-refractivity contribution in [2.24, 2.45) is 11.8 Å². The molecule has 3 atom stereocenters. The van der Waals surface area contributed by atoms with E-state index in [9.17, 15) is 17.6 Å². The van der Waals surface area contributed by atoms with Crippen molar-refractivity contribution in [2.75, 3.05) is 23.3 Å². The Hall–Kier alpha value is -3.58. The predicted molar refractivity (Wildman–Crippen MR) is 118 cm³/mol. The van der Waals surface area contributed by atoms with E-state index >= 15 is 0 Å². The van der Waals surface area contributed by atoms with Gasteiger partial charge in [0, 0.05) is 25.2 Å². The van der Waals surface area contributed by atoms with Crippen molar-refractivity contribution in [3.05, 3.63) is 29.8 Å². The van der Waals surface area contributed by atoms with Crippen molar-refractivity contribution in [3.8, 4) is 17.5 Å². The first-order valence-corrected chi connectivity index (χ1v) is 11.6. The van der Waals surface area contributed by atoms with Crippen molar-refractivity contribution in [3.63, 3.8) is 0 Å². The number of halogens is 4. The van der Waals surface area contributed by atoms with Gasteiger partial charge in [0.1, 0.15) is 5.75 Å². The first kappa shape index (κ1) is 24.1. The average molecular weight is 511 g/mol. The monoisotopic (exact) mass is 511 g/mol. The largest absolute Gasteiger partial charge is 0.573 e. The maximum atomic E-state index is 14.1. The molecule has 14 heteroatoms. The number of nitrogens with one attached hydrogen (secondary N) is 1. The van der Waals surface area contributed by atoms with Crippen LogP contribution in [0.5, 0.6) is 17.5 Å². The van der Waals surface area contributed by atoms with Gasteiger partial charge in [0.2, 0.25) is 5.95 Å². The third-order valence-electron chi connectivity index (χ3n) is 6.34. The van der Waals surface area contributed by atoms with Gasteiger partial charge in [0.25, 0.3) is 0 Å². The second-order valence-electron chi connectivity index (χ2n) is 9.30. The molecule has 0 radical (unpaired) electrons. The SMILES string of the molecule is Cc1noc(N2C[C@H]3CC[C@@H](C2)[C@H]3Nc2nc(Oc3ccc(OC(F)(F)F)c(F)c3)n(C(C)C)n2)n1. The molecule has 3 heterocycles. The zero-order valence-corrected chi connectivity index (χ0v) is 19.8. The molecule has 194 valence electrons. The maximum absolute atomic E-state index is 14.1. The van der Waals surface area contributed by atoms with Crippen LogP contribution in [-0.2, 0) is 0 Å². The molecule has 1 aliphatic heterocycles. The van der Waals surface area contributed by atoms with E-state index in [1.807, 2.05) is 13.8 Å². The zero-order valence-electron chi connectivity index (χ0n) is 19.8. The summed E-state index contributed by atoms with van der Waals surface area (Å²) in [4.78, 5) is 10.9. The summed E-state index contributed by atoms with van der Waals surface area (Å²) in [6.07, 6.45) is -2.93. The quantitative estimate of drug-likeness (QED) is 0.452. The van der Waals surface area contributed by atoms with Crippen LogP contribution in [0.4, 0.5) is 29.5 Å². The van der Waals surface area contributed by atoms with Gasteiger partial charge in [0.15, 0.2) is 17.4 Å². The number of aryl methyl sites for hydroxylation is 1. The van der Waals surface area contributed by atoms with Gasteiger partial charge in [-0.1, -0.05) is 5.16 Å². The van der Waals surface area contributed by atoms with Crippen LogP contribution in [-0.4, -0.2) is 50.4 Å². The van der Waals surface area contributed by atoms with Gasteiger partial charge < -0.3 is 24.2 Å². The molecule has 1 saturated carbocycles. The van der Waals surface area contributed by atoms with E-state index in [1.165, 1.54) is 10.7 Å². The summed E-state index contributed by atoms with van der Waals surface area (Å²) in [5.41, 5.74) is 0. The van der Waals surface area contributed by atoms with Crippen LogP contribution in [0.3, 0.4) is 0 Å². The van der Waals surface area contributed by atoms with Gasteiger partial charge in [-0.05, 0) is 57.6 Å². The molecule has 0 spiro atoms. The number of benzene rings is 1. The Labute approximate surface area is 203 Å². The Balaban J connectivity index is 1.30. The van der Waals surface area contributed by atoms with Crippen LogP contribution in [0.15, 0.2) is 22.7 Å². The first-order valence-electron chi connectivity index (χ1n) is 11.6. The standard InChI is InChI=1S/C22H25F4N7O3/c1-11(2)33-21(34-15-6-7-17(16(23)8-15)35-22(24,25)26)29-19(30-33)28-18-13-4-5-14(18)10-32(9-13)20-27-12(3)31-36-20/h6-8,11,13-14,18H,4-5,9-10H2,1-3H3,(H,28,30)/t13-,14+,18+. The van der Waals surface area contributed by atoms with Crippen LogP contribution in [0.25, 0.3) is 0 Å². The van der Waals surface area contributed by atoms with Crippen LogP contribution in [0.1, 0.15) is 38.6 Å². The molecule has 1 aliphatic carbocycles. The van der Waals surface area contributed by atoms with Crippen LogP contribution in [0, 0.1) is 24.6 Å². The summed E-state index contributed by atoms with van der Waals surface area (Å²) in [6, 6.07) is 3.44. The lowest BCUT2D eigenvalue weighted by Crippen LogP contribution is -2.48. The molecule has 36 heavy (non-hydrogen) atoms. The molecule has 10 nitrogen and oxygen atoms in total. The molecular formula is C22H25F4N7O3. The fourth-order valence-corrected chi connectivity index (χ4v) is 4.81. The van der Waals surface area contributed by atoms with E-state index in [-0.39, 0.29) is 23.8 Å². The van der Waals surface area contributed by atoms with Crippen molar-refractivity contribution in [2.45, 2.75) is 52.1 Å². The number of ether oxygens (including phenoxy) is 2. The van der Waals surface area contributed by atoms with Crippen LogP contribution >= 0.6 is 0 Å². The van der Waals surface area contributed by atoms with Gasteiger partial charge in [0.05, 0.1) is 6.04 Å². The Kier molecular flexibility index (Phi) is 6.12. The van der Waals surface area contributed by atoms with Crippen molar-refractivity contribution < 1.29 is 31.6 Å². The summed E-state index contributed by atoms with van der Waals surface area (Å²) in [5, 5.41) is 11.8. The van der Waals surface area contributed by atoms with Gasteiger partial charge in [-0.2, -0.15) is 9.97 Å². The molecule has 2 bridgehead atoms. The molecule has 1 N–H and O–H groups in total. The molecule has 2 aromatic heterocycles. The smallest absolute Gasteiger partial charge is 0.424 e. The van der Waals surface area contributed by atoms with Gasteiger partial charge in [-0.25, -0.2) is 9.07 Å². The minimum absolute atomic E-state index is 0.0360. The minimum atomic E-state index is -5.00. The third-order valence-corrected chi connectivity index (χ3v) is 6.34. The third kappa shape index (κ3) is 5.02. The topological polar surface area (TPSA) is 103 Å². The van der Waals surface area contributed by atoms with Crippen molar-refractivity contribution >= 4 is 12.0 Å². The number of fused-ring (bicyclic) bond motifs is 2. The number of hydrogen-bond donors (Lipinski definition) is 1. The maximum Gasteiger partial charge on any atom is 0.573 e. The molecule has 2 aliphatic rings. The highest BCUT2D eigenvalue weighted by Crippen LogP contribution is 2.40. The van der Waals surface area contributed by atoms with Crippen molar-refractivity contribution in [1.82, 2.24) is 24.9 Å². The number of piperidine rings is 1. The highest BCUT2D eigenvalue weighted by atomic mass is 19.4. The highest BCUT2D eigenvalue weighted by Gasteiger charge is 2.44. The second-order valence-corrected chi connectivity index (χ2v) is 9.30. The number of nitrogens with zero attached hydrogens (tertiary/aromatic N) is 6. The van der Waals surface area contributed by atoms with Crippen LogP contribution in [0.2, 0.25) is 0 Å². The molecule has 0 unspecified atom stereocenters.